The van der Waals surface area contributed by atoms with Gasteiger partial charge in [-0.2, -0.15) is 0 Å². The molecule has 0 aromatic heterocycles. The number of benzene rings is 6. The van der Waals surface area contributed by atoms with Gasteiger partial charge in [-0.15, -0.1) is 0 Å². The molecule has 0 N–H and O–H groups in total. The molecule has 0 saturated carbocycles. The van der Waals surface area contributed by atoms with E-state index in [2.05, 4.69) is 177 Å². The molecule has 0 unspecified atom stereocenters. The normalized spacial score (nSPS) is 11.4. The van der Waals surface area contributed by atoms with Gasteiger partial charge in [-0.1, -0.05) is 191 Å². The quantitative estimate of drug-likeness (QED) is 0.217. The van der Waals surface area contributed by atoms with E-state index in [1.807, 2.05) is 0 Å². The highest BCUT2D eigenvalue weighted by Crippen LogP contribution is 2.12. The highest BCUT2D eigenvalue weighted by Gasteiger charge is 2.44. The van der Waals surface area contributed by atoms with Crippen molar-refractivity contribution in [3.05, 3.63) is 175 Å². The fourth-order valence-corrected chi connectivity index (χ4v) is 14.7. The van der Waals surface area contributed by atoms with Crippen molar-refractivity contribution in [2.24, 2.45) is 0 Å². The molecule has 0 aliphatic rings. The molecule has 187 valence electrons. The monoisotopic (exact) mass is 531 g/mol. The summed E-state index contributed by atoms with van der Waals surface area (Å²) in [5.41, 5.74) is 1.35. The van der Waals surface area contributed by atoms with Crippen molar-refractivity contribution < 1.29 is 0 Å². The molecular weight excluding hydrogens is 501 g/mol. The summed E-state index contributed by atoms with van der Waals surface area (Å²) in [5.74, 6) is 0. The maximum Gasteiger partial charge on any atom is 0.179 e. The van der Waals surface area contributed by atoms with Gasteiger partial charge in [0.1, 0.15) is 0 Å². The van der Waals surface area contributed by atoms with Gasteiger partial charge in [0.15, 0.2) is 16.9 Å². The predicted octanol–water partition coefficient (Wildman–Crippen LogP) is 3.89. The van der Waals surface area contributed by atoms with E-state index < -0.39 is 16.9 Å². The third-order valence-electron chi connectivity index (χ3n) is 7.69. The lowest BCUT2D eigenvalue weighted by Gasteiger charge is -2.38. The van der Waals surface area contributed by atoms with Gasteiger partial charge in [-0.25, -0.2) is 0 Å². The van der Waals surface area contributed by atoms with Crippen molar-refractivity contribution in [1.29, 1.82) is 0 Å². The van der Waals surface area contributed by atoms with Crippen LogP contribution in [0.2, 0.25) is 0 Å². The summed E-state index contributed by atoms with van der Waals surface area (Å²) in [5, 5.41) is 10.1. The molecule has 6 rings (SSSR count). The van der Waals surface area contributed by atoms with Crippen molar-refractivity contribution in [1.82, 2.24) is 0 Å². The van der Waals surface area contributed by atoms with Gasteiger partial charge in [0.2, 0.25) is 0 Å². The Morgan fingerprint density at radius 3 is 1.26 bits per heavy atom. The first-order valence-corrected chi connectivity index (χ1v) is 17.0. The average molecular weight is 532 g/mol. The van der Waals surface area contributed by atoms with Gasteiger partial charge in [-0.05, 0) is 27.7 Å². The second-order valence-corrected chi connectivity index (χ2v) is 16.1. The summed E-state index contributed by atoms with van der Waals surface area (Å²) in [4.78, 5) is 0. The van der Waals surface area contributed by atoms with E-state index in [0.717, 1.165) is 0 Å². The number of hydrogen-bond donors (Lipinski definition) is 0. The number of hydrogen-bond acceptors (Lipinski definition) is 0. The Hall–Kier alpha value is -4.25. The summed E-state index contributed by atoms with van der Waals surface area (Å²) >= 11 is 0. The molecule has 0 atom stereocenters. The van der Waals surface area contributed by atoms with Crippen molar-refractivity contribution in [2.75, 3.05) is 0 Å². The van der Waals surface area contributed by atoms with Crippen LogP contribution in [0.25, 0.3) is 0 Å². The molecule has 0 nitrogen and oxygen atoms in total. The maximum absolute atomic E-state index is 2.69. The second-order valence-electron chi connectivity index (χ2n) is 9.95. The van der Waals surface area contributed by atoms with E-state index in [1.165, 1.54) is 41.9 Å². The zero-order valence-electron chi connectivity index (χ0n) is 22.2. The predicted molar refractivity (Wildman–Crippen MR) is 172 cm³/mol. The van der Waals surface area contributed by atoms with Crippen LogP contribution in [0.3, 0.4) is 0 Å². The lowest BCUT2D eigenvalue weighted by molar-refractivity contribution is 1.50. The Labute approximate surface area is 234 Å². The largest absolute Gasteiger partial charge is 0.179 e. The zero-order chi connectivity index (χ0) is 26.5. The first kappa shape index (κ1) is 25.1. The van der Waals surface area contributed by atoms with Crippen LogP contribution in [0.5, 0.6) is 0 Å². The minimum absolute atomic E-state index is 1.29. The van der Waals surface area contributed by atoms with E-state index in [9.17, 15) is 0 Å². The Balaban J connectivity index is 1.76. The van der Waals surface area contributed by atoms with Gasteiger partial charge < -0.3 is 0 Å². The topological polar surface area (TPSA) is 0 Å². The van der Waals surface area contributed by atoms with Crippen LogP contribution in [0, 0.1) is 6.92 Å². The number of aryl methyl sites for hydroxylation is 1. The van der Waals surface area contributed by atoms with E-state index in [-0.39, 0.29) is 0 Å². The first-order chi connectivity index (χ1) is 19.3. The highest BCUT2D eigenvalue weighted by atomic mass is 28.3. The van der Waals surface area contributed by atoms with Crippen LogP contribution in [-0.4, -0.2) is 16.9 Å². The maximum atomic E-state index is 2.44. The third kappa shape index (κ3) is 4.63. The summed E-state index contributed by atoms with van der Waals surface area (Å²) in [6.45, 7) is 2.28. The summed E-state index contributed by atoms with van der Waals surface area (Å²) in [6.07, 6.45) is 0. The molecule has 0 aliphatic heterocycles. The summed E-state index contributed by atoms with van der Waals surface area (Å²) in [7, 11) is -3.98. The molecule has 39 heavy (non-hydrogen) atoms. The molecule has 0 fully saturated rings. The Morgan fingerprint density at radius 1 is 0.385 bits per heavy atom. The van der Waals surface area contributed by atoms with Crippen molar-refractivity contribution >= 4 is 53.2 Å². The smallest absolute Gasteiger partial charge is 0.0625 e. The van der Waals surface area contributed by atoms with Gasteiger partial charge >= 0.3 is 0 Å². The van der Waals surface area contributed by atoms with Crippen LogP contribution in [0.15, 0.2) is 170 Å². The van der Waals surface area contributed by atoms with Crippen molar-refractivity contribution in [3.63, 3.8) is 0 Å². The lowest BCUT2D eigenvalue weighted by Crippen LogP contribution is -2.79. The van der Waals surface area contributed by atoms with Gasteiger partial charge in [0, 0.05) is 0 Å². The molecule has 0 spiro atoms. The molecular formula is C37H31Si2. The zero-order valence-corrected chi connectivity index (χ0v) is 24.2. The van der Waals surface area contributed by atoms with Gasteiger partial charge in [-0.3, -0.25) is 0 Å². The Kier molecular flexibility index (Phi) is 7.22. The third-order valence-corrected chi connectivity index (χ3v) is 15.7. The molecule has 6 aromatic carbocycles. The molecule has 2 heteroatoms. The minimum Gasteiger partial charge on any atom is -0.0625 e. The van der Waals surface area contributed by atoms with Crippen LogP contribution in [-0.2, 0) is 0 Å². The molecule has 0 saturated heterocycles. The van der Waals surface area contributed by atoms with Gasteiger partial charge in [0.05, 0.1) is 0 Å². The van der Waals surface area contributed by atoms with Crippen LogP contribution in [0.1, 0.15) is 5.56 Å². The average Bonchev–Trinajstić information content (AvgIpc) is 3.01. The van der Waals surface area contributed by atoms with Crippen LogP contribution >= 0.6 is 0 Å². The van der Waals surface area contributed by atoms with Crippen LogP contribution < -0.4 is 36.3 Å². The van der Waals surface area contributed by atoms with E-state index >= 15 is 0 Å². The van der Waals surface area contributed by atoms with Crippen molar-refractivity contribution in [3.8, 4) is 0 Å². The Bertz CT molecular complexity index is 1570. The van der Waals surface area contributed by atoms with Gasteiger partial charge in [0.25, 0.3) is 0 Å². The second kappa shape index (κ2) is 11.2. The molecule has 0 bridgehead atoms. The lowest BCUT2D eigenvalue weighted by atomic mass is 10.2. The SMILES string of the molecule is Cc1ccccc1[Si](c1ccccc1)(c1ccccc1)c1ccccc1[Si](c1ccccc1)c1ccccc1. The fraction of sp³-hybridized carbons (Fsp3) is 0.0270. The molecule has 0 amide bonds. The molecule has 6 aromatic rings. The fourth-order valence-electron chi connectivity index (χ4n) is 6.02. The summed E-state index contributed by atoms with van der Waals surface area (Å²) < 4.78 is 0. The first-order valence-electron chi connectivity index (χ1n) is 13.5. The molecule has 0 aliphatic carbocycles. The van der Waals surface area contributed by atoms with Crippen molar-refractivity contribution in [2.45, 2.75) is 6.92 Å². The summed E-state index contributed by atoms with van der Waals surface area (Å²) in [6, 6.07) is 63.2. The van der Waals surface area contributed by atoms with E-state index in [4.69, 9.17) is 0 Å². The van der Waals surface area contributed by atoms with E-state index in [1.54, 1.807) is 0 Å². The standard InChI is InChI=1S/C37H31Si2/c1-30-18-14-16-28-36(30)39(33-23-10-4-11-24-33,34-25-12-5-13-26-34)37-29-17-15-27-35(37)38(31-19-6-2-7-20-31)32-21-8-3-9-22-32/h2-29H,1H3. The number of rotatable bonds is 7. The molecule has 1 radical (unpaired) electrons. The van der Waals surface area contributed by atoms with E-state index in [0.29, 0.717) is 0 Å². The molecule has 0 heterocycles. The highest BCUT2D eigenvalue weighted by molar-refractivity contribution is 7.22. The van der Waals surface area contributed by atoms with Crippen LogP contribution in [0.4, 0.5) is 0 Å². The Morgan fingerprint density at radius 2 is 0.769 bits per heavy atom. The minimum atomic E-state index is -2.69.